The summed E-state index contributed by atoms with van der Waals surface area (Å²) in [5, 5.41) is 11.1. The summed E-state index contributed by atoms with van der Waals surface area (Å²) in [6.45, 7) is 1.66. The lowest BCUT2D eigenvalue weighted by Crippen LogP contribution is -2.35. The van der Waals surface area contributed by atoms with Crippen LogP contribution in [0.5, 0.6) is 0 Å². The van der Waals surface area contributed by atoms with Crippen molar-refractivity contribution in [2.45, 2.75) is 37.8 Å². The Balaban J connectivity index is 0.00000156. The Bertz CT molecular complexity index is 628. The predicted molar refractivity (Wildman–Crippen MR) is 104 cm³/mol. The average Bonchev–Trinajstić information content (AvgIpc) is 3.01. The molecule has 0 radical (unpaired) electrons. The first-order chi connectivity index (χ1) is 11.1. The number of nitrogens with two attached hydrogens (primary N) is 1. The lowest BCUT2D eigenvalue weighted by molar-refractivity contribution is 0.345. The molecule has 1 fully saturated rings. The second kappa shape index (κ2) is 9.74. The van der Waals surface area contributed by atoms with E-state index in [0.717, 1.165) is 49.8 Å². The third-order valence-electron chi connectivity index (χ3n) is 4.07. The van der Waals surface area contributed by atoms with Crippen LogP contribution in [0.4, 0.5) is 11.8 Å². The zero-order valence-electron chi connectivity index (χ0n) is 14.5. The molecule has 140 valence electrons. The second-order valence-corrected chi connectivity index (χ2v) is 6.25. The molecular formula is C15H26Cl2N8. The Kier molecular flexibility index (Phi) is 8.34. The standard InChI is InChI=1S/C15H24N8.2ClH/c1-22(2)15-19-13(11-8-12(16)9-11)10-14(20-15)17-4-3-6-23-7-5-18-21-23;;/h5,7,10-12H,3-4,6,8-9,16H2,1-2H3,(H,17,19,20);2*1H. The van der Waals surface area contributed by atoms with E-state index in [9.17, 15) is 0 Å². The number of hydrogen-bond acceptors (Lipinski definition) is 7. The third kappa shape index (κ3) is 5.69. The van der Waals surface area contributed by atoms with Gasteiger partial charge in [0.25, 0.3) is 0 Å². The van der Waals surface area contributed by atoms with Crippen LogP contribution in [-0.4, -0.2) is 51.6 Å². The maximum absolute atomic E-state index is 5.90. The normalized spacial score (nSPS) is 18.5. The molecule has 3 rings (SSSR count). The molecule has 3 N–H and O–H groups in total. The van der Waals surface area contributed by atoms with Gasteiger partial charge >= 0.3 is 0 Å². The highest BCUT2D eigenvalue weighted by Crippen LogP contribution is 2.35. The number of anilines is 2. The molecule has 10 heteroatoms. The van der Waals surface area contributed by atoms with Gasteiger partial charge in [0, 0.05) is 51.4 Å². The van der Waals surface area contributed by atoms with Crippen LogP contribution in [0.2, 0.25) is 0 Å². The van der Waals surface area contributed by atoms with Gasteiger partial charge in [-0.15, -0.1) is 29.9 Å². The molecule has 0 aromatic carbocycles. The van der Waals surface area contributed by atoms with Crippen LogP contribution in [0, 0.1) is 0 Å². The average molecular weight is 389 g/mol. The fraction of sp³-hybridized carbons (Fsp3) is 0.600. The molecule has 0 saturated heterocycles. The van der Waals surface area contributed by atoms with E-state index in [1.807, 2.05) is 29.9 Å². The SMILES string of the molecule is CN(C)c1nc(NCCCn2ccnn2)cc(C2CC(N)C2)n1.Cl.Cl. The molecule has 25 heavy (non-hydrogen) atoms. The van der Waals surface area contributed by atoms with E-state index in [0.29, 0.717) is 12.0 Å². The maximum atomic E-state index is 5.90. The molecule has 0 atom stereocenters. The van der Waals surface area contributed by atoms with Gasteiger partial charge in [0.2, 0.25) is 5.95 Å². The number of nitrogens with zero attached hydrogens (tertiary/aromatic N) is 6. The number of hydrogen-bond donors (Lipinski definition) is 2. The molecule has 2 aromatic heterocycles. The van der Waals surface area contributed by atoms with Crippen LogP contribution < -0.4 is 16.0 Å². The smallest absolute Gasteiger partial charge is 0.227 e. The van der Waals surface area contributed by atoms with Gasteiger partial charge in [-0.3, -0.25) is 4.68 Å². The van der Waals surface area contributed by atoms with Crippen molar-refractivity contribution in [3.63, 3.8) is 0 Å². The number of aromatic nitrogens is 5. The van der Waals surface area contributed by atoms with Crippen LogP contribution in [-0.2, 0) is 6.54 Å². The van der Waals surface area contributed by atoms with Crippen molar-refractivity contribution < 1.29 is 0 Å². The lowest BCUT2D eigenvalue weighted by atomic mass is 9.78. The fourth-order valence-corrected chi connectivity index (χ4v) is 2.67. The van der Waals surface area contributed by atoms with E-state index >= 15 is 0 Å². The molecule has 1 aliphatic carbocycles. The van der Waals surface area contributed by atoms with Crippen molar-refractivity contribution in [2.24, 2.45) is 5.73 Å². The van der Waals surface area contributed by atoms with Crippen molar-refractivity contribution >= 4 is 36.6 Å². The summed E-state index contributed by atoms with van der Waals surface area (Å²) in [6.07, 6.45) is 6.53. The van der Waals surface area contributed by atoms with Gasteiger partial charge in [-0.25, -0.2) is 4.98 Å². The number of rotatable bonds is 7. The Labute approximate surface area is 160 Å². The topological polar surface area (TPSA) is 97.8 Å². The predicted octanol–water partition coefficient (Wildman–Crippen LogP) is 1.68. The van der Waals surface area contributed by atoms with Crippen LogP contribution in [0.25, 0.3) is 0 Å². The van der Waals surface area contributed by atoms with E-state index in [2.05, 4.69) is 31.7 Å². The van der Waals surface area contributed by atoms with Gasteiger partial charge in [0.15, 0.2) is 0 Å². The molecule has 2 aromatic rings. The monoisotopic (exact) mass is 388 g/mol. The second-order valence-electron chi connectivity index (χ2n) is 6.25. The van der Waals surface area contributed by atoms with Gasteiger partial charge in [0.05, 0.1) is 11.9 Å². The van der Waals surface area contributed by atoms with E-state index in [1.54, 1.807) is 6.20 Å². The molecule has 0 unspecified atom stereocenters. The lowest BCUT2D eigenvalue weighted by Gasteiger charge is -2.32. The summed E-state index contributed by atoms with van der Waals surface area (Å²) >= 11 is 0. The van der Waals surface area contributed by atoms with Crippen LogP contribution in [0.1, 0.15) is 30.9 Å². The first-order valence-corrected chi connectivity index (χ1v) is 8.01. The van der Waals surface area contributed by atoms with Crippen molar-refractivity contribution in [2.75, 3.05) is 30.9 Å². The Hall–Kier alpha value is -1.64. The number of halogens is 2. The summed E-state index contributed by atoms with van der Waals surface area (Å²) in [5.41, 5.74) is 6.99. The third-order valence-corrected chi connectivity index (χ3v) is 4.07. The fourth-order valence-electron chi connectivity index (χ4n) is 2.67. The van der Waals surface area contributed by atoms with Crippen LogP contribution in [0.15, 0.2) is 18.5 Å². The van der Waals surface area contributed by atoms with Gasteiger partial charge in [-0.2, -0.15) is 4.98 Å². The minimum absolute atomic E-state index is 0. The van der Waals surface area contributed by atoms with Gasteiger partial charge < -0.3 is 16.0 Å². The summed E-state index contributed by atoms with van der Waals surface area (Å²) in [6, 6.07) is 2.37. The van der Waals surface area contributed by atoms with Crippen molar-refractivity contribution in [1.82, 2.24) is 25.0 Å². The van der Waals surface area contributed by atoms with E-state index in [1.165, 1.54) is 0 Å². The Morgan fingerprint density at radius 3 is 2.64 bits per heavy atom. The largest absolute Gasteiger partial charge is 0.370 e. The summed E-state index contributed by atoms with van der Waals surface area (Å²) in [7, 11) is 3.92. The van der Waals surface area contributed by atoms with Gasteiger partial charge in [0.1, 0.15) is 5.82 Å². The molecule has 0 amide bonds. The highest BCUT2D eigenvalue weighted by Gasteiger charge is 2.29. The van der Waals surface area contributed by atoms with Gasteiger partial charge in [-0.1, -0.05) is 5.21 Å². The van der Waals surface area contributed by atoms with Crippen LogP contribution >= 0.6 is 24.8 Å². The zero-order valence-corrected chi connectivity index (χ0v) is 16.1. The minimum atomic E-state index is 0. The van der Waals surface area contributed by atoms with Crippen molar-refractivity contribution in [3.8, 4) is 0 Å². The highest BCUT2D eigenvalue weighted by molar-refractivity contribution is 5.85. The van der Waals surface area contributed by atoms with E-state index < -0.39 is 0 Å². The number of nitrogens with one attached hydrogen (secondary N) is 1. The highest BCUT2D eigenvalue weighted by atomic mass is 35.5. The first kappa shape index (κ1) is 21.4. The Morgan fingerprint density at radius 1 is 1.28 bits per heavy atom. The maximum Gasteiger partial charge on any atom is 0.227 e. The molecule has 1 saturated carbocycles. The molecule has 2 heterocycles. The van der Waals surface area contributed by atoms with Crippen LogP contribution in [0.3, 0.4) is 0 Å². The minimum Gasteiger partial charge on any atom is -0.370 e. The molecular weight excluding hydrogens is 363 g/mol. The summed E-state index contributed by atoms with van der Waals surface area (Å²) < 4.78 is 1.83. The van der Waals surface area contributed by atoms with Crippen molar-refractivity contribution in [3.05, 3.63) is 24.2 Å². The number of aryl methyl sites for hydroxylation is 1. The first-order valence-electron chi connectivity index (χ1n) is 8.01. The van der Waals surface area contributed by atoms with Crippen molar-refractivity contribution in [1.29, 1.82) is 0 Å². The zero-order chi connectivity index (χ0) is 16.2. The van der Waals surface area contributed by atoms with E-state index in [4.69, 9.17) is 5.73 Å². The summed E-state index contributed by atoms with van der Waals surface area (Å²) in [5.74, 6) is 2.07. The Morgan fingerprint density at radius 2 is 2.04 bits per heavy atom. The summed E-state index contributed by atoms with van der Waals surface area (Å²) in [4.78, 5) is 11.2. The molecule has 8 nitrogen and oxygen atoms in total. The molecule has 1 aliphatic rings. The van der Waals surface area contributed by atoms with Gasteiger partial charge in [-0.05, 0) is 19.3 Å². The molecule has 0 bridgehead atoms. The quantitative estimate of drug-likeness (QED) is 0.696. The molecule has 0 aliphatic heterocycles. The molecule has 0 spiro atoms. The van der Waals surface area contributed by atoms with E-state index in [-0.39, 0.29) is 24.8 Å².